The quantitative estimate of drug-likeness (QED) is 0.468. The summed E-state index contributed by atoms with van der Waals surface area (Å²) in [4.78, 5) is 3.86. The van der Waals surface area contributed by atoms with Crippen molar-refractivity contribution in [3.8, 4) is 6.19 Å². The molecule has 0 amide bonds. The lowest BCUT2D eigenvalue weighted by Crippen LogP contribution is -2.41. The molecule has 1 aliphatic rings. The minimum atomic E-state index is -0.284. The van der Waals surface area contributed by atoms with Crippen LogP contribution in [0.15, 0.2) is 58.6 Å². The molecular formula is C19H18Cl2N6. The Morgan fingerprint density at radius 3 is 2.44 bits per heavy atom. The normalized spacial score (nSPS) is 16.8. The van der Waals surface area contributed by atoms with Crippen LogP contribution in [0.2, 0.25) is 10.0 Å². The molecule has 3 N–H and O–H groups in total. The first-order valence-electron chi connectivity index (χ1n) is 8.39. The lowest BCUT2D eigenvalue weighted by molar-refractivity contribution is 0.455. The van der Waals surface area contributed by atoms with Gasteiger partial charge in [-0.3, -0.25) is 0 Å². The topological polar surface area (TPSA) is 89.8 Å². The van der Waals surface area contributed by atoms with Crippen LogP contribution in [0.5, 0.6) is 0 Å². The minimum Gasteiger partial charge on any atom is -0.354 e. The van der Waals surface area contributed by atoms with E-state index in [9.17, 15) is 0 Å². The standard InChI is InChI=1S/C19H18Cl2N6/c20-15-5-1-13(2-6-15)9-10-24-19(25-12-22)27-11-17(23)18(26-27)14-3-7-16(21)8-4-14/h1-8,17H,9-11,23H2,(H,24,25). The van der Waals surface area contributed by atoms with Crippen molar-refractivity contribution in [3.05, 3.63) is 69.7 Å². The first-order chi connectivity index (χ1) is 13.1. The van der Waals surface area contributed by atoms with E-state index >= 15 is 0 Å². The number of benzene rings is 2. The smallest absolute Gasteiger partial charge is 0.230 e. The van der Waals surface area contributed by atoms with E-state index in [1.807, 2.05) is 42.6 Å². The van der Waals surface area contributed by atoms with Gasteiger partial charge in [0.1, 0.15) is 0 Å². The highest BCUT2D eigenvalue weighted by atomic mass is 35.5. The largest absolute Gasteiger partial charge is 0.354 e. The van der Waals surface area contributed by atoms with Gasteiger partial charge in [-0.2, -0.15) is 10.4 Å². The Hall–Kier alpha value is -2.59. The van der Waals surface area contributed by atoms with Crippen LogP contribution in [-0.4, -0.2) is 35.8 Å². The lowest BCUT2D eigenvalue weighted by atomic mass is 10.1. The Kier molecular flexibility index (Phi) is 6.30. The summed E-state index contributed by atoms with van der Waals surface area (Å²) in [5.41, 5.74) is 8.98. The zero-order valence-corrected chi connectivity index (χ0v) is 16.0. The van der Waals surface area contributed by atoms with Crippen molar-refractivity contribution in [2.45, 2.75) is 12.5 Å². The molecule has 6 nitrogen and oxygen atoms in total. The molecule has 8 heteroatoms. The van der Waals surface area contributed by atoms with Gasteiger partial charge in [0.15, 0.2) is 0 Å². The zero-order valence-electron chi connectivity index (χ0n) is 14.4. The number of hydrogen-bond donors (Lipinski definition) is 2. The van der Waals surface area contributed by atoms with Crippen LogP contribution >= 0.6 is 23.2 Å². The zero-order chi connectivity index (χ0) is 19.2. The molecule has 1 atom stereocenters. The van der Waals surface area contributed by atoms with Gasteiger partial charge in [-0.25, -0.2) is 5.01 Å². The fourth-order valence-electron chi connectivity index (χ4n) is 2.75. The van der Waals surface area contributed by atoms with Crippen molar-refractivity contribution in [3.63, 3.8) is 0 Å². The average molecular weight is 401 g/mol. The number of nitriles is 1. The van der Waals surface area contributed by atoms with Crippen molar-refractivity contribution < 1.29 is 0 Å². The van der Waals surface area contributed by atoms with Crippen molar-refractivity contribution >= 4 is 34.9 Å². The van der Waals surface area contributed by atoms with E-state index in [0.29, 0.717) is 29.1 Å². The van der Waals surface area contributed by atoms with Gasteiger partial charge in [-0.05, 0) is 41.8 Å². The van der Waals surface area contributed by atoms with Crippen molar-refractivity contribution in [2.75, 3.05) is 13.1 Å². The number of rotatable bonds is 4. The minimum absolute atomic E-state index is 0.284. The lowest BCUT2D eigenvalue weighted by Gasteiger charge is -2.17. The summed E-state index contributed by atoms with van der Waals surface area (Å²) in [7, 11) is 0. The van der Waals surface area contributed by atoms with Crippen LogP contribution in [0.1, 0.15) is 11.1 Å². The summed E-state index contributed by atoms with van der Waals surface area (Å²) >= 11 is 11.8. The first-order valence-corrected chi connectivity index (χ1v) is 9.15. The number of halogens is 2. The maximum absolute atomic E-state index is 9.01. The van der Waals surface area contributed by atoms with E-state index in [-0.39, 0.29) is 6.04 Å². The van der Waals surface area contributed by atoms with Gasteiger partial charge < -0.3 is 11.1 Å². The molecule has 27 heavy (non-hydrogen) atoms. The van der Waals surface area contributed by atoms with Gasteiger partial charge >= 0.3 is 0 Å². The van der Waals surface area contributed by atoms with Gasteiger partial charge in [0.25, 0.3) is 0 Å². The van der Waals surface area contributed by atoms with Gasteiger partial charge in [-0.15, -0.1) is 4.99 Å². The fourth-order valence-corrected chi connectivity index (χ4v) is 3.00. The summed E-state index contributed by atoms with van der Waals surface area (Å²) in [5, 5.41) is 19.7. The molecule has 1 aliphatic heterocycles. The SMILES string of the molecule is N#C/N=C(\NCCc1ccc(Cl)cc1)N1CC(N)C(c2ccc(Cl)cc2)=N1. The predicted molar refractivity (Wildman–Crippen MR) is 109 cm³/mol. The Bertz CT molecular complexity index is 884. The van der Waals surface area contributed by atoms with Gasteiger partial charge in [0.2, 0.25) is 12.2 Å². The Labute approximate surface area is 167 Å². The van der Waals surface area contributed by atoms with Crippen LogP contribution in [-0.2, 0) is 6.42 Å². The van der Waals surface area contributed by atoms with E-state index < -0.39 is 0 Å². The highest BCUT2D eigenvalue weighted by Gasteiger charge is 2.27. The molecule has 1 heterocycles. The van der Waals surface area contributed by atoms with E-state index in [4.69, 9.17) is 34.2 Å². The summed E-state index contributed by atoms with van der Waals surface area (Å²) in [6.45, 7) is 1.03. The molecule has 0 fully saturated rings. The third-order valence-electron chi connectivity index (χ3n) is 4.10. The second-order valence-corrected chi connectivity index (χ2v) is 6.89. The highest BCUT2D eigenvalue weighted by Crippen LogP contribution is 2.16. The Morgan fingerprint density at radius 1 is 1.19 bits per heavy atom. The molecule has 3 rings (SSSR count). The number of aliphatic imine (C=N–C) groups is 1. The maximum Gasteiger partial charge on any atom is 0.230 e. The molecule has 0 saturated heterocycles. The summed E-state index contributed by atoms with van der Waals surface area (Å²) < 4.78 is 0. The van der Waals surface area contributed by atoms with Gasteiger partial charge in [0, 0.05) is 16.6 Å². The third-order valence-corrected chi connectivity index (χ3v) is 4.60. The third kappa shape index (κ3) is 4.98. The van der Waals surface area contributed by atoms with E-state index in [2.05, 4.69) is 15.4 Å². The van der Waals surface area contributed by atoms with Crippen LogP contribution < -0.4 is 11.1 Å². The van der Waals surface area contributed by atoms with Crippen LogP contribution in [0.25, 0.3) is 0 Å². The molecule has 1 unspecified atom stereocenters. The molecule has 2 aromatic carbocycles. The van der Waals surface area contributed by atoms with Crippen molar-refractivity contribution in [1.82, 2.24) is 10.3 Å². The molecule has 0 spiro atoms. The molecule has 0 aromatic heterocycles. The summed E-state index contributed by atoms with van der Waals surface area (Å²) in [6.07, 6.45) is 2.58. The molecule has 138 valence electrons. The van der Waals surface area contributed by atoms with Crippen molar-refractivity contribution in [1.29, 1.82) is 5.26 Å². The summed E-state index contributed by atoms with van der Waals surface area (Å²) in [6, 6.07) is 14.7. The molecule has 0 aliphatic carbocycles. The van der Waals surface area contributed by atoms with E-state index in [1.54, 1.807) is 17.1 Å². The molecule has 0 bridgehead atoms. The molecule has 0 saturated carbocycles. The average Bonchev–Trinajstić information content (AvgIpc) is 3.05. The van der Waals surface area contributed by atoms with Crippen LogP contribution in [0.4, 0.5) is 0 Å². The second kappa shape index (κ2) is 8.87. The van der Waals surface area contributed by atoms with Crippen molar-refractivity contribution in [2.24, 2.45) is 15.8 Å². The molecular weight excluding hydrogens is 383 g/mol. The molecule has 2 aromatic rings. The molecule has 0 radical (unpaired) electrons. The highest BCUT2D eigenvalue weighted by molar-refractivity contribution is 6.31. The Morgan fingerprint density at radius 2 is 1.81 bits per heavy atom. The first kappa shape index (κ1) is 19.2. The maximum atomic E-state index is 9.01. The number of guanidine groups is 1. The second-order valence-electron chi connectivity index (χ2n) is 6.02. The van der Waals surface area contributed by atoms with E-state index in [0.717, 1.165) is 23.3 Å². The number of hydrogen-bond acceptors (Lipinski definition) is 4. The number of nitrogens with zero attached hydrogens (tertiary/aromatic N) is 4. The van der Waals surface area contributed by atoms with Gasteiger partial charge in [-0.1, -0.05) is 47.5 Å². The van der Waals surface area contributed by atoms with Gasteiger partial charge in [0.05, 0.1) is 18.3 Å². The predicted octanol–water partition coefficient (Wildman–Crippen LogP) is 3.01. The Balaban J connectivity index is 1.68. The van der Waals surface area contributed by atoms with E-state index in [1.165, 1.54) is 0 Å². The van der Waals surface area contributed by atoms with Crippen LogP contribution in [0.3, 0.4) is 0 Å². The van der Waals surface area contributed by atoms with Crippen LogP contribution in [0, 0.1) is 11.5 Å². The number of hydrazone groups is 1. The number of nitrogens with one attached hydrogen (secondary N) is 1. The fraction of sp³-hybridized carbons (Fsp3) is 0.211. The number of nitrogens with two attached hydrogens (primary N) is 1. The monoisotopic (exact) mass is 400 g/mol. The summed E-state index contributed by atoms with van der Waals surface area (Å²) in [5.74, 6) is 0.380.